The van der Waals surface area contributed by atoms with Crippen LogP contribution in [-0.4, -0.2) is 64.9 Å². The molecule has 0 aliphatic rings. The molecule has 0 unspecified atom stereocenters. The Kier molecular flexibility index (Phi) is 10.6. The fourth-order valence-electron chi connectivity index (χ4n) is 2.23. The Morgan fingerprint density at radius 2 is 2.04 bits per heavy atom. The van der Waals surface area contributed by atoms with Crippen molar-refractivity contribution in [3.05, 3.63) is 34.1 Å². The van der Waals surface area contributed by atoms with Gasteiger partial charge in [-0.15, -0.1) is 0 Å². The van der Waals surface area contributed by atoms with Gasteiger partial charge < -0.3 is 20.3 Å². The molecule has 0 aliphatic heterocycles. The lowest BCUT2D eigenvalue weighted by Crippen LogP contribution is -2.41. The molecule has 0 heterocycles. The first-order chi connectivity index (χ1) is 11.6. The molecule has 0 atom stereocenters. The van der Waals surface area contributed by atoms with E-state index in [1.807, 2.05) is 6.07 Å². The largest absolute Gasteiger partial charge is 0.385 e. The molecule has 0 aliphatic carbocycles. The molecule has 24 heavy (non-hydrogen) atoms. The highest BCUT2D eigenvalue weighted by Gasteiger charge is 2.04. The molecule has 0 saturated carbocycles. The highest BCUT2D eigenvalue weighted by Crippen LogP contribution is 2.15. The van der Waals surface area contributed by atoms with Crippen molar-refractivity contribution in [1.82, 2.24) is 15.5 Å². The van der Waals surface area contributed by atoms with E-state index in [0.717, 1.165) is 43.1 Å². The van der Waals surface area contributed by atoms with Crippen LogP contribution in [0.3, 0.4) is 0 Å². The zero-order valence-electron chi connectivity index (χ0n) is 14.7. The smallest absolute Gasteiger partial charge is 0.191 e. The summed E-state index contributed by atoms with van der Waals surface area (Å²) in [6.45, 7) is 4.13. The van der Waals surface area contributed by atoms with Gasteiger partial charge in [0.05, 0.1) is 0 Å². The van der Waals surface area contributed by atoms with Crippen molar-refractivity contribution in [2.45, 2.75) is 12.8 Å². The van der Waals surface area contributed by atoms with Crippen molar-refractivity contribution in [3.63, 3.8) is 0 Å². The first-order valence-corrected chi connectivity index (χ1v) is 8.92. The number of rotatable bonds is 10. The second-order valence-corrected chi connectivity index (χ2v) is 6.48. The number of aliphatic imine (C=N–C) groups is 1. The quantitative estimate of drug-likeness (QED) is 0.358. The van der Waals surface area contributed by atoms with Gasteiger partial charge in [0.15, 0.2) is 5.96 Å². The first kappa shape index (κ1) is 20.9. The molecule has 1 aromatic rings. The number of hydrogen-bond acceptors (Lipinski definition) is 3. The molecule has 0 radical (unpaired) electrons. The highest BCUT2D eigenvalue weighted by molar-refractivity contribution is 9.10. The Hall–Kier alpha value is -1.18. The molecule has 0 saturated heterocycles. The molecule has 0 amide bonds. The number of methoxy groups -OCH3 is 1. The van der Waals surface area contributed by atoms with Crippen molar-refractivity contribution in [1.29, 1.82) is 0 Å². The van der Waals surface area contributed by atoms with Gasteiger partial charge >= 0.3 is 0 Å². The molecule has 1 rings (SSSR count). The maximum atomic E-state index is 13.7. The summed E-state index contributed by atoms with van der Waals surface area (Å²) < 4.78 is 19.6. The minimum absolute atomic E-state index is 0.180. The van der Waals surface area contributed by atoms with Gasteiger partial charge in [-0.05, 0) is 43.7 Å². The topological polar surface area (TPSA) is 48.9 Å². The minimum atomic E-state index is -0.180. The second-order valence-electron chi connectivity index (χ2n) is 5.56. The average molecular weight is 403 g/mol. The van der Waals surface area contributed by atoms with Crippen LogP contribution in [0.15, 0.2) is 27.7 Å². The number of guanidine groups is 1. The Morgan fingerprint density at radius 1 is 1.29 bits per heavy atom. The van der Waals surface area contributed by atoms with Crippen LogP contribution in [0.5, 0.6) is 0 Å². The SMILES string of the molecule is CN=C(NCCc1cc(Br)ccc1F)NCCN(C)CCCOC. The van der Waals surface area contributed by atoms with E-state index in [1.165, 1.54) is 6.07 Å². The minimum Gasteiger partial charge on any atom is -0.385 e. The summed E-state index contributed by atoms with van der Waals surface area (Å²) in [5.41, 5.74) is 0.685. The van der Waals surface area contributed by atoms with Gasteiger partial charge in [-0.3, -0.25) is 4.99 Å². The van der Waals surface area contributed by atoms with Crippen LogP contribution in [0.4, 0.5) is 4.39 Å². The maximum Gasteiger partial charge on any atom is 0.191 e. The van der Waals surface area contributed by atoms with E-state index in [4.69, 9.17) is 4.74 Å². The third-order valence-electron chi connectivity index (χ3n) is 3.59. The van der Waals surface area contributed by atoms with Crippen molar-refractivity contribution >= 4 is 21.9 Å². The summed E-state index contributed by atoms with van der Waals surface area (Å²) in [7, 11) is 5.54. The molecule has 7 heteroatoms. The van der Waals surface area contributed by atoms with E-state index in [2.05, 4.69) is 43.5 Å². The molecule has 2 N–H and O–H groups in total. The predicted molar refractivity (Wildman–Crippen MR) is 101 cm³/mol. The van der Waals surface area contributed by atoms with Gasteiger partial charge in [-0.1, -0.05) is 15.9 Å². The predicted octanol–water partition coefficient (Wildman–Crippen LogP) is 2.26. The van der Waals surface area contributed by atoms with E-state index < -0.39 is 0 Å². The van der Waals surface area contributed by atoms with Gasteiger partial charge in [0.25, 0.3) is 0 Å². The second kappa shape index (κ2) is 12.2. The number of hydrogen-bond donors (Lipinski definition) is 2. The van der Waals surface area contributed by atoms with E-state index in [0.29, 0.717) is 18.5 Å². The third kappa shape index (κ3) is 8.61. The first-order valence-electron chi connectivity index (χ1n) is 8.12. The van der Waals surface area contributed by atoms with Crippen LogP contribution in [0.25, 0.3) is 0 Å². The van der Waals surface area contributed by atoms with Crippen LogP contribution in [-0.2, 0) is 11.2 Å². The zero-order valence-corrected chi connectivity index (χ0v) is 16.3. The lowest BCUT2D eigenvalue weighted by Gasteiger charge is -2.18. The Labute approximate surface area is 152 Å². The standard InChI is InChI=1S/C17H28BrFN4O/c1-20-17(22-9-11-23(2)10-4-12-24-3)21-8-7-14-13-15(18)5-6-16(14)19/h5-6,13H,4,7-12H2,1-3H3,(H2,20,21,22). The van der Waals surface area contributed by atoms with Gasteiger partial charge in [-0.2, -0.15) is 0 Å². The van der Waals surface area contributed by atoms with Crippen molar-refractivity contribution in [3.8, 4) is 0 Å². The van der Waals surface area contributed by atoms with Crippen molar-refractivity contribution < 1.29 is 9.13 Å². The molecule has 1 aromatic carbocycles. The van der Waals surface area contributed by atoms with Crippen molar-refractivity contribution in [2.24, 2.45) is 4.99 Å². The summed E-state index contributed by atoms with van der Waals surface area (Å²) in [6.07, 6.45) is 1.63. The average Bonchev–Trinajstić information content (AvgIpc) is 2.56. The molecular formula is C17H28BrFN4O. The fourth-order valence-corrected chi connectivity index (χ4v) is 2.64. The lowest BCUT2D eigenvalue weighted by molar-refractivity contribution is 0.180. The molecule has 0 aromatic heterocycles. The van der Waals surface area contributed by atoms with Gasteiger partial charge in [-0.25, -0.2) is 4.39 Å². The van der Waals surface area contributed by atoms with Crippen molar-refractivity contribution in [2.75, 3.05) is 54.0 Å². The number of benzene rings is 1. The van der Waals surface area contributed by atoms with E-state index in [1.54, 1.807) is 20.2 Å². The number of nitrogens with one attached hydrogen (secondary N) is 2. The van der Waals surface area contributed by atoms with E-state index in [-0.39, 0.29) is 5.82 Å². The molecule has 136 valence electrons. The molecule has 0 spiro atoms. The van der Waals surface area contributed by atoms with Gasteiger partial charge in [0.1, 0.15) is 5.82 Å². The molecular weight excluding hydrogens is 375 g/mol. The van der Waals surface area contributed by atoms with Crippen LogP contribution < -0.4 is 10.6 Å². The molecule has 0 fully saturated rings. The Bertz CT molecular complexity index is 513. The maximum absolute atomic E-state index is 13.7. The third-order valence-corrected chi connectivity index (χ3v) is 4.09. The van der Waals surface area contributed by atoms with Gasteiger partial charge in [0.2, 0.25) is 0 Å². The summed E-state index contributed by atoms with van der Waals surface area (Å²) in [5, 5.41) is 6.47. The summed E-state index contributed by atoms with van der Waals surface area (Å²) in [5.74, 6) is 0.552. The summed E-state index contributed by atoms with van der Waals surface area (Å²) in [4.78, 5) is 6.43. The van der Waals surface area contributed by atoms with Crippen LogP contribution in [0.2, 0.25) is 0 Å². The zero-order chi connectivity index (χ0) is 17.8. The number of ether oxygens (including phenoxy) is 1. The Balaban J connectivity index is 2.24. The highest BCUT2D eigenvalue weighted by atomic mass is 79.9. The van der Waals surface area contributed by atoms with Crippen LogP contribution in [0.1, 0.15) is 12.0 Å². The molecule has 0 bridgehead atoms. The number of likely N-dealkylation sites (N-methyl/N-ethyl adjacent to an activating group) is 1. The number of nitrogens with zero attached hydrogens (tertiary/aromatic N) is 2. The fraction of sp³-hybridized carbons (Fsp3) is 0.588. The lowest BCUT2D eigenvalue weighted by atomic mass is 10.1. The number of halogens is 2. The van der Waals surface area contributed by atoms with E-state index >= 15 is 0 Å². The Morgan fingerprint density at radius 3 is 2.75 bits per heavy atom. The van der Waals surface area contributed by atoms with E-state index in [9.17, 15) is 4.39 Å². The normalized spacial score (nSPS) is 11.8. The molecule has 5 nitrogen and oxygen atoms in total. The van der Waals surface area contributed by atoms with Crippen LogP contribution in [0, 0.1) is 5.82 Å². The van der Waals surface area contributed by atoms with Crippen LogP contribution >= 0.6 is 15.9 Å². The summed E-state index contributed by atoms with van der Waals surface area (Å²) in [6, 6.07) is 4.99. The van der Waals surface area contributed by atoms with Gasteiger partial charge in [0, 0.05) is 51.4 Å². The monoisotopic (exact) mass is 402 g/mol. The summed E-state index contributed by atoms with van der Waals surface area (Å²) >= 11 is 3.37.